The lowest BCUT2D eigenvalue weighted by molar-refractivity contribution is -0.137. The first kappa shape index (κ1) is 14.1. The fourth-order valence-electron chi connectivity index (χ4n) is 3.11. The Hall–Kier alpha value is -1.85. The number of nitrogens with zero attached hydrogens (tertiary/aromatic N) is 3. The number of likely N-dealkylation sites (tertiary alicyclic amines) is 1. The predicted octanol–water partition coefficient (Wildman–Crippen LogP) is 0.574. The summed E-state index contributed by atoms with van der Waals surface area (Å²) in [5.41, 5.74) is 0. The molecule has 1 aromatic heterocycles. The second kappa shape index (κ2) is 6.28. The van der Waals surface area contributed by atoms with E-state index in [-0.39, 0.29) is 18.4 Å². The number of hydrogen-bond acceptors (Lipinski definition) is 3. The summed E-state index contributed by atoms with van der Waals surface area (Å²) < 4.78 is 2.17. The number of fused-ring (bicyclic) bond motifs is 1. The molecule has 0 radical (unpaired) electrons. The molecule has 3 rings (SSSR count). The van der Waals surface area contributed by atoms with Crippen LogP contribution in [0.2, 0.25) is 0 Å². The highest BCUT2D eigenvalue weighted by Gasteiger charge is 2.22. The van der Waals surface area contributed by atoms with Crippen molar-refractivity contribution in [1.29, 1.82) is 0 Å². The fourth-order valence-corrected chi connectivity index (χ4v) is 3.11. The van der Waals surface area contributed by atoms with E-state index in [0.717, 1.165) is 38.1 Å². The van der Waals surface area contributed by atoms with E-state index < -0.39 is 0 Å². The number of aryl methyl sites for hydroxylation is 1. The Morgan fingerprint density at radius 1 is 1.38 bits per heavy atom. The summed E-state index contributed by atoms with van der Waals surface area (Å²) in [7, 11) is 0. The molecule has 1 unspecified atom stereocenters. The molecule has 0 spiro atoms. The summed E-state index contributed by atoms with van der Waals surface area (Å²) in [4.78, 5) is 29.7. The van der Waals surface area contributed by atoms with Gasteiger partial charge in [0.05, 0.1) is 6.54 Å². The maximum atomic E-state index is 12.0. The summed E-state index contributed by atoms with van der Waals surface area (Å²) in [5.74, 6) is 1.61. The third kappa shape index (κ3) is 3.43. The van der Waals surface area contributed by atoms with Gasteiger partial charge in [0.2, 0.25) is 11.8 Å². The Balaban J connectivity index is 1.43. The van der Waals surface area contributed by atoms with E-state index in [2.05, 4.69) is 14.9 Å². The standard InChI is InChI=1S/C15H22N4O2/c20-14(11-19-6-2-1-3-15(19)21)17-10-12-4-7-18-8-5-16-13(18)9-12/h5,8,12H,1-4,6-7,9-11H2,(H,17,20). The molecule has 1 saturated heterocycles. The number of rotatable bonds is 4. The van der Waals surface area contributed by atoms with Crippen molar-refractivity contribution in [2.24, 2.45) is 5.92 Å². The van der Waals surface area contributed by atoms with Gasteiger partial charge in [-0.25, -0.2) is 4.98 Å². The van der Waals surface area contributed by atoms with E-state index in [9.17, 15) is 9.59 Å². The summed E-state index contributed by atoms with van der Waals surface area (Å²) in [6, 6.07) is 0. The highest BCUT2D eigenvalue weighted by molar-refractivity contribution is 5.85. The monoisotopic (exact) mass is 290 g/mol. The van der Waals surface area contributed by atoms with Gasteiger partial charge in [0.25, 0.3) is 0 Å². The molecule has 1 aromatic rings. The summed E-state index contributed by atoms with van der Waals surface area (Å²) in [6.07, 6.45) is 8.35. The van der Waals surface area contributed by atoms with Gasteiger partial charge in [-0.05, 0) is 25.2 Å². The lowest BCUT2D eigenvalue weighted by Gasteiger charge is -2.27. The van der Waals surface area contributed by atoms with E-state index in [4.69, 9.17) is 0 Å². The molecular formula is C15H22N4O2. The smallest absolute Gasteiger partial charge is 0.239 e. The Morgan fingerprint density at radius 2 is 2.29 bits per heavy atom. The van der Waals surface area contributed by atoms with Gasteiger partial charge in [-0.1, -0.05) is 0 Å². The molecule has 6 nitrogen and oxygen atoms in total. The molecule has 114 valence electrons. The number of nitrogens with one attached hydrogen (secondary N) is 1. The van der Waals surface area contributed by atoms with Crippen molar-refractivity contribution in [2.45, 2.75) is 38.6 Å². The summed E-state index contributed by atoms with van der Waals surface area (Å²) >= 11 is 0. The topological polar surface area (TPSA) is 67.2 Å². The quantitative estimate of drug-likeness (QED) is 0.882. The largest absolute Gasteiger partial charge is 0.354 e. The van der Waals surface area contributed by atoms with Gasteiger partial charge in [-0.2, -0.15) is 0 Å². The van der Waals surface area contributed by atoms with Crippen molar-refractivity contribution >= 4 is 11.8 Å². The molecule has 6 heteroatoms. The van der Waals surface area contributed by atoms with Crippen LogP contribution in [-0.4, -0.2) is 45.9 Å². The zero-order chi connectivity index (χ0) is 14.7. The van der Waals surface area contributed by atoms with Crippen molar-refractivity contribution in [2.75, 3.05) is 19.6 Å². The van der Waals surface area contributed by atoms with Gasteiger partial charge in [0.15, 0.2) is 0 Å². The minimum absolute atomic E-state index is 0.0424. The van der Waals surface area contributed by atoms with E-state index in [1.807, 2.05) is 12.4 Å². The van der Waals surface area contributed by atoms with Crippen LogP contribution in [-0.2, 0) is 22.6 Å². The first-order valence-electron chi connectivity index (χ1n) is 7.77. The Kier molecular flexibility index (Phi) is 4.22. The number of aromatic nitrogens is 2. The van der Waals surface area contributed by atoms with Crippen molar-refractivity contribution in [3.63, 3.8) is 0 Å². The maximum absolute atomic E-state index is 12.0. The van der Waals surface area contributed by atoms with E-state index in [0.29, 0.717) is 25.4 Å². The van der Waals surface area contributed by atoms with Crippen LogP contribution in [0, 0.1) is 5.92 Å². The van der Waals surface area contributed by atoms with Gasteiger partial charge in [0.1, 0.15) is 5.82 Å². The van der Waals surface area contributed by atoms with Gasteiger partial charge in [-0.3, -0.25) is 9.59 Å². The predicted molar refractivity (Wildman–Crippen MR) is 77.5 cm³/mol. The summed E-state index contributed by atoms with van der Waals surface area (Å²) in [6.45, 7) is 2.57. The van der Waals surface area contributed by atoms with Crippen LogP contribution in [0.25, 0.3) is 0 Å². The molecular weight excluding hydrogens is 268 g/mol. The Morgan fingerprint density at radius 3 is 3.14 bits per heavy atom. The summed E-state index contributed by atoms with van der Waals surface area (Å²) in [5, 5.41) is 2.97. The zero-order valence-corrected chi connectivity index (χ0v) is 12.3. The average Bonchev–Trinajstić information content (AvgIpc) is 2.95. The molecule has 3 heterocycles. The lowest BCUT2D eigenvalue weighted by Crippen LogP contribution is -2.44. The second-order valence-electron chi connectivity index (χ2n) is 5.97. The number of piperidine rings is 1. The Bertz CT molecular complexity index is 525. The van der Waals surface area contributed by atoms with Gasteiger partial charge < -0.3 is 14.8 Å². The molecule has 0 aliphatic carbocycles. The van der Waals surface area contributed by atoms with Crippen molar-refractivity contribution < 1.29 is 9.59 Å². The molecule has 2 aliphatic heterocycles. The second-order valence-corrected chi connectivity index (χ2v) is 5.97. The Labute approximate surface area is 124 Å². The maximum Gasteiger partial charge on any atom is 0.239 e. The van der Waals surface area contributed by atoms with Crippen molar-refractivity contribution in [3.8, 4) is 0 Å². The van der Waals surface area contributed by atoms with Crippen LogP contribution in [0.15, 0.2) is 12.4 Å². The van der Waals surface area contributed by atoms with Gasteiger partial charge in [-0.15, -0.1) is 0 Å². The number of hydrogen-bond donors (Lipinski definition) is 1. The molecule has 2 amide bonds. The SMILES string of the molecule is O=C(CN1CCCCC1=O)NCC1CCn2ccnc2C1. The third-order valence-electron chi connectivity index (χ3n) is 4.39. The number of carbonyl (C=O) groups excluding carboxylic acids is 2. The van der Waals surface area contributed by atoms with E-state index in [1.165, 1.54) is 0 Å². The van der Waals surface area contributed by atoms with Crippen molar-refractivity contribution in [1.82, 2.24) is 19.8 Å². The molecule has 0 bridgehead atoms. The first-order valence-corrected chi connectivity index (χ1v) is 7.77. The van der Waals surface area contributed by atoms with Crippen LogP contribution in [0.3, 0.4) is 0 Å². The van der Waals surface area contributed by atoms with Crippen LogP contribution in [0.5, 0.6) is 0 Å². The van der Waals surface area contributed by atoms with Crippen LogP contribution < -0.4 is 5.32 Å². The third-order valence-corrected chi connectivity index (χ3v) is 4.39. The fraction of sp³-hybridized carbons (Fsp3) is 0.667. The minimum atomic E-state index is -0.0424. The molecule has 1 atom stereocenters. The molecule has 1 fully saturated rings. The van der Waals surface area contributed by atoms with Gasteiger partial charge >= 0.3 is 0 Å². The average molecular weight is 290 g/mol. The van der Waals surface area contributed by atoms with E-state index in [1.54, 1.807) is 4.90 Å². The minimum Gasteiger partial charge on any atom is -0.354 e. The van der Waals surface area contributed by atoms with Crippen LogP contribution >= 0.6 is 0 Å². The number of imidazole rings is 1. The highest BCUT2D eigenvalue weighted by atomic mass is 16.2. The highest BCUT2D eigenvalue weighted by Crippen LogP contribution is 2.18. The van der Waals surface area contributed by atoms with Gasteiger partial charge in [0, 0.05) is 44.9 Å². The molecule has 0 aromatic carbocycles. The van der Waals surface area contributed by atoms with Crippen LogP contribution in [0.4, 0.5) is 0 Å². The molecule has 2 aliphatic rings. The number of carbonyl (C=O) groups is 2. The van der Waals surface area contributed by atoms with E-state index >= 15 is 0 Å². The van der Waals surface area contributed by atoms with Crippen LogP contribution in [0.1, 0.15) is 31.5 Å². The molecule has 0 saturated carbocycles. The first-order chi connectivity index (χ1) is 10.2. The molecule has 1 N–H and O–H groups in total. The van der Waals surface area contributed by atoms with Crippen molar-refractivity contribution in [3.05, 3.63) is 18.2 Å². The number of amides is 2. The zero-order valence-electron chi connectivity index (χ0n) is 12.3. The molecule has 21 heavy (non-hydrogen) atoms. The lowest BCUT2D eigenvalue weighted by atomic mass is 9.98. The normalized spacial score (nSPS) is 22.0.